The molecule has 1 unspecified atom stereocenters. The van der Waals surface area contributed by atoms with Crippen molar-refractivity contribution in [3.63, 3.8) is 0 Å². The Labute approximate surface area is 168 Å². The molecule has 2 heterocycles. The Balaban J connectivity index is 1.49. The average Bonchev–Trinajstić information content (AvgIpc) is 3.36. The number of rotatable bonds is 7. The van der Waals surface area contributed by atoms with Crippen molar-refractivity contribution in [1.29, 1.82) is 0 Å². The largest absolute Gasteiger partial charge is 0.305 e. The van der Waals surface area contributed by atoms with E-state index < -0.39 is 0 Å². The van der Waals surface area contributed by atoms with Crippen molar-refractivity contribution in [2.45, 2.75) is 38.5 Å². The minimum Gasteiger partial charge on any atom is -0.305 e. The molecule has 0 spiro atoms. The van der Waals surface area contributed by atoms with Gasteiger partial charge in [0.15, 0.2) is 0 Å². The molecule has 4 heteroatoms. The van der Waals surface area contributed by atoms with Crippen LogP contribution >= 0.6 is 0 Å². The van der Waals surface area contributed by atoms with Gasteiger partial charge in [-0.25, -0.2) is 0 Å². The first kappa shape index (κ1) is 18.9. The lowest BCUT2D eigenvalue weighted by atomic mass is 10.0. The van der Waals surface area contributed by atoms with Crippen LogP contribution < -0.4 is 0 Å². The Morgan fingerprint density at radius 3 is 2.39 bits per heavy atom. The van der Waals surface area contributed by atoms with Gasteiger partial charge in [0, 0.05) is 31.5 Å². The first-order chi connectivity index (χ1) is 13.7. The maximum absolute atomic E-state index is 4.38. The molecular formula is C24H30N4. The Kier molecular flexibility index (Phi) is 5.89. The molecule has 0 amide bonds. The molecule has 3 aromatic rings. The molecule has 28 heavy (non-hydrogen) atoms. The molecule has 0 saturated carbocycles. The number of hydrogen-bond donors (Lipinski definition) is 0. The van der Waals surface area contributed by atoms with Gasteiger partial charge in [-0.3, -0.25) is 9.58 Å². The smallest absolute Gasteiger partial charge is 0.0662 e. The van der Waals surface area contributed by atoms with Crippen LogP contribution in [0.5, 0.6) is 0 Å². The predicted molar refractivity (Wildman–Crippen MR) is 114 cm³/mol. The Morgan fingerprint density at radius 2 is 1.71 bits per heavy atom. The molecule has 0 bridgehead atoms. The highest BCUT2D eigenvalue weighted by molar-refractivity contribution is 5.29. The number of nitrogens with zero attached hydrogens (tertiary/aromatic N) is 4. The van der Waals surface area contributed by atoms with Crippen molar-refractivity contribution in [2.75, 3.05) is 20.6 Å². The lowest BCUT2D eigenvalue weighted by molar-refractivity contribution is 0.247. The van der Waals surface area contributed by atoms with Crippen molar-refractivity contribution >= 4 is 0 Å². The second kappa shape index (κ2) is 8.72. The van der Waals surface area contributed by atoms with Crippen LogP contribution in [-0.4, -0.2) is 40.2 Å². The minimum atomic E-state index is 0.520. The summed E-state index contributed by atoms with van der Waals surface area (Å²) in [5.41, 5.74) is 5.60. The third-order valence-electron chi connectivity index (χ3n) is 5.61. The van der Waals surface area contributed by atoms with Crippen molar-refractivity contribution in [3.8, 4) is 0 Å². The molecule has 4 nitrogen and oxygen atoms in total. The third kappa shape index (κ3) is 4.51. The van der Waals surface area contributed by atoms with Gasteiger partial charge in [-0.05, 0) is 61.8 Å². The summed E-state index contributed by atoms with van der Waals surface area (Å²) in [6.45, 7) is 4.00. The fourth-order valence-electron chi connectivity index (χ4n) is 4.26. The van der Waals surface area contributed by atoms with Crippen LogP contribution in [0, 0.1) is 0 Å². The van der Waals surface area contributed by atoms with Gasteiger partial charge in [-0.15, -0.1) is 0 Å². The number of hydrogen-bond acceptors (Lipinski definition) is 3. The first-order valence-corrected chi connectivity index (χ1v) is 10.2. The summed E-state index contributed by atoms with van der Waals surface area (Å²) in [4.78, 5) is 4.86. The fourth-order valence-corrected chi connectivity index (χ4v) is 4.26. The summed E-state index contributed by atoms with van der Waals surface area (Å²) in [5, 5.41) is 4.38. The summed E-state index contributed by atoms with van der Waals surface area (Å²) in [6.07, 6.45) is 6.39. The summed E-state index contributed by atoms with van der Waals surface area (Å²) in [6, 6.07) is 20.5. The standard InChI is InChI=1S/C24H30N4/c1-26(2)17-20-10-12-21(13-11-20)24-9-5-15-27(24)18-22-7-3-4-8-23(22)19-28-16-6-14-25-28/h3-4,6-8,10-14,16,24H,5,9,15,17-19H2,1-2H3. The van der Waals surface area contributed by atoms with E-state index in [-0.39, 0.29) is 0 Å². The van der Waals surface area contributed by atoms with Gasteiger partial charge in [0.05, 0.1) is 6.54 Å². The minimum absolute atomic E-state index is 0.520. The van der Waals surface area contributed by atoms with Crippen molar-refractivity contribution in [2.24, 2.45) is 0 Å². The van der Waals surface area contributed by atoms with Crippen LogP contribution in [0.2, 0.25) is 0 Å². The zero-order chi connectivity index (χ0) is 19.3. The van der Waals surface area contributed by atoms with Gasteiger partial charge in [-0.1, -0.05) is 48.5 Å². The van der Waals surface area contributed by atoms with Crippen LogP contribution in [0.3, 0.4) is 0 Å². The monoisotopic (exact) mass is 374 g/mol. The van der Waals surface area contributed by atoms with Gasteiger partial charge in [-0.2, -0.15) is 5.10 Å². The van der Waals surface area contributed by atoms with E-state index in [4.69, 9.17) is 0 Å². The van der Waals surface area contributed by atoms with Crippen LogP contribution in [0.15, 0.2) is 67.0 Å². The molecule has 1 fully saturated rings. The molecule has 1 aliphatic rings. The first-order valence-electron chi connectivity index (χ1n) is 10.2. The highest BCUT2D eigenvalue weighted by Gasteiger charge is 2.26. The van der Waals surface area contributed by atoms with Crippen molar-refractivity contribution in [1.82, 2.24) is 19.6 Å². The summed E-state index contributed by atoms with van der Waals surface area (Å²) >= 11 is 0. The van der Waals surface area contributed by atoms with E-state index in [1.165, 1.54) is 41.6 Å². The van der Waals surface area contributed by atoms with E-state index in [2.05, 4.69) is 77.5 Å². The topological polar surface area (TPSA) is 24.3 Å². The van der Waals surface area contributed by atoms with Gasteiger partial charge in [0.25, 0.3) is 0 Å². The summed E-state index contributed by atoms with van der Waals surface area (Å²) < 4.78 is 2.00. The Bertz CT molecular complexity index is 868. The van der Waals surface area contributed by atoms with E-state index >= 15 is 0 Å². The molecule has 146 valence electrons. The molecule has 0 radical (unpaired) electrons. The molecule has 1 aromatic heterocycles. The SMILES string of the molecule is CN(C)Cc1ccc(C2CCCN2Cc2ccccc2Cn2cccn2)cc1. The second-order valence-corrected chi connectivity index (χ2v) is 8.08. The van der Waals surface area contributed by atoms with E-state index in [0.717, 1.165) is 19.6 Å². The maximum atomic E-state index is 4.38. The quantitative estimate of drug-likeness (QED) is 0.615. The van der Waals surface area contributed by atoms with E-state index in [9.17, 15) is 0 Å². The molecule has 2 aromatic carbocycles. The van der Waals surface area contributed by atoms with Crippen LogP contribution in [0.1, 0.15) is 41.1 Å². The van der Waals surface area contributed by atoms with Gasteiger partial charge in [0.2, 0.25) is 0 Å². The molecule has 0 aliphatic carbocycles. The van der Waals surface area contributed by atoms with Crippen molar-refractivity contribution in [3.05, 3.63) is 89.2 Å². The number of likely N-dealkylation sites (tertiary alicyclic amines) is 1. The zero-order valence-electron chi connectivity index (χ0n) is 17.0. The molecule has 1 atom stereocenters. The maximum Gasteiger partial charge on any atom is 0.0662 e. The molecule has 4 rings (SSSR count). The summed E-state index contributed by atoms with van der Waals surface area (Å²) in [5.74, 6) is 0. The summed E-state index contributed by atoms with van der Waals surface area (Å²) in [7, 11) is 4.24. The zero-order valence-corrected chi connectivity index (χ0v) is 17.0. The average molecular weight is 375 g/mol. The molecule has 0 N–H and O–H groups in total. The van der Waals surface area contributed by atoms with E-state index in [1.807, 2.05) is 23.1 Å². The highest BCUT2D eigenvalue weighted by Crippen LogP contribution is 2.33. The molecule has 1 saturated heterocycles. The Morgan fingerprint density at radius 1 is 0.964 bits per heavy atom. The second-order valence-electron chi connectivity index (χ2n) is 8.08. The van der Waals surface area contributed by atoms with Crippen LogP contribution in [0.25, 0.3) is 0 Å². The fraction of sp³-hybridized carbons (Fsp3) is 0.375. The van der Waals surface area contributed by atoms with Crippen molar-refractivity contribution < 1.29 is 0 Å². The lowest BCUT2D eigenvalue weighted by Gasteiger charge is -2.26. The predicted octanol–water partition coefficient (Wildman–Crippen LogP) is 4.33. The third-order valence-corrected chi connectivity index (χ3v) is 5.61. The van der Waals surface area contributed by atoms with E-state index in [0.29, 0.717) is 6.04 Å². The number of aromatic nitrogens is 2. The molecule has 1 aliphatic heterocycles. The van der Waals surface area contributed by atoms with Crippen LogP contribution in [0.4, 0.5) is 0 Å². The molecular weight excluding hydrogens is 344 g/mol. The Hall–Kier alpha value is -2.43. The van der Waals surface area contributed by atoms with Gasteiger partial charge in [0.1, 0.15) is 0 Å². The van der Waals surface area contributed by atoms with Crippen LogP contribution in [-0.2, 0) is 19.6 Å². The highest BCUT2D eigenvalue weighted by atomic mass is 15.3. The number of benzene rings is 2. The van der Waals surface area contributed by atoms with E-state index in [1.54, 1.807) is 0 Å². The van der Waals surface area contributed by atoms with Gasteiger partial charge < -0.3 is 4.90 Å². The lowest BCUT2D eigenvalue weighted by Crippen LogP contribution is -2.23. The van der Waals surface area contributed by atoms with Gasteiger partial charge >= 0.3 is 0 Å². The normalized spacial score (nSPS) is 17.5.